The van der Waals surface area contributed by atoms with E-state index < -0.39 is 0 Å². The van der Waals surface area contributed by atoms with E-state index in [9.17, 15) is 0 Å². The number of furan rings is 1. The largest absolute Gasteiger partial charge is 0.455 e. The number of rotatable bonds is 3. The van der Waals surface area contributed by atoms with Crippen LogP contribution in [0.4, 0.5) is 0 Å². The van der Waals surface area contributed by atoms with Gasteiger partial charge in [0.15, 0.2) is 5.82 Å². The lowest BCUT2D eigenvalue weighted by atomic mass is 10.0. The van der Waals surface area contributed by atoms with Gasteiger partial charge in [0.05, 0.1) is 16.8 Å². The van der Waals surface area contributed by atoms with Crippen LogP contribution in [0.15, 0.2) is 101 Å². The van der Waals surface area contributed by atoms with E-state index >= 15 is 0 Å². The third-order valence-corrected chi connectivity index (χ3v) is 5.36. The zero-order valence-corrected chi connectivity index (χ0v) is 16.5. The third kappa shape index (κ3) is 3.02. The lowest BCUT2D eigenvalue weighted by Gasteiger charge is -2.10. The highest BCUT2D eigenvalue weighted by Crippen LogP contribution is 2.36. The maximum absolute atomic E-state index is 6.05. The van der Waals surface area contributed by atoms with Gasteiger partial charge in [-0.25, -0.2) is 9.97 Å². The van der Waals surface area contributed by atoms with Crippen LogP contribution in [0.3, 0.4) is 0 Å². The Balaban J connectivity index is 1.66. The predicted octanol–water partition coefficient (Wildman–Crippen LogP) is 6.98. The zero-order valence-electron chi connectivity index (χ0n) is 16.5. The molecule has 3 heteroatoms. The normalized spacial score (nSPS) is 11.0. The fourth-order valence-electron chi connectivity index (χ4n) is 3.91. The minimum absolute atomic E-state index is 0.692. The van der Waals surface area contributed by atoms with Gasteiger partial charge in [0.1, 0.15) is 11.2 Å². The van der Waals surface area contributed by atoms with Crippen LogP contribution >= 0.6 is 0 Å². The Morgan fingerprint density at radius 1 is 0.645 bits per heavy atom. The minimum atomic E-state index is 0.692. The summed E-state index contributed by atoms with van der Waals surface area (Å²) in [6, 6.07) is 38.3. The molecule has 0 aliphatic heterocycles. The number of hydrogen-bond acceptors (Lipinski definition) is 3. The molecule has 31 heavy (non-hydrogen) atoms. The molecule has 2 aromatic heterocycles. The summed E-state index contributed by atoms with van der Waals surface area (Å²) in [5.41, 5.74) is 6.34. The summed E-state index contributed by atoms with van der Waals surface area (Å²) in [6.45, 7) is 0. The molecular weight excluding hydrogens is 380 g/mol. The molecule has 0 aliphatic carbocycles. The van der Waals surface area contributed by atoms with Crippen molar-refractivity contribution >= 4 is 21.9 Å². The minimum Gasteiger partial charge on any atom is -0.455 e. The van der Waals surface area contributed by atoms with Crippen LogP contribution in [0.2, 0.25) is 0 Å². The number of benzene rings is 3. The Morgan fingerprint density at radius 2 is 1.39 bits per heavy atom. The highest BCUT2D eigenvalue weighted by Gasteiger charge is 2.16. The number of aromatic nitrogens is 2. The third-order valence-electron chi connectivity index (χ3n) is 5.36. The smallest absolute Gasteiger partial charge is 0.160 e. The lowest BCUT2D eigenvalue weighted by molar-refractivity contribution is 0.669. The number of fused-ring (bicyclic) bond motifs is 3. The SMILES string of the molecule is c1ccc2oc3cccc(-c4cc(-c5ccccc5)nc(-c5ccccc5)n4)c3c2c#1. The van der Waals surface area contributed by atoms with Gasteiger partial charge >= 0.3 is 0 Å². The van der Waals surface area contributed by atoms with Gasteiger partial charge in [-0.2, -0.15) is 0 Å². The Morgan fingerprint density at radius 3 is 2.19 bits per heavy atom. The van der Waals surface area contributed by atoms with Crippen molar-refractivity contribution < 1.29 is 4.42 Å². The summed E-state index contributed by atoms with van der Waals surface area (Å²) in [6.07, 6.45) is 0. The quantitative estimate of drug-likeness (QED) is 0.324. The van der Waals surface area contributed by atoms with Gasteiger partial charge < -0.3 is 4.42 Å². The van der Waals surface area contributed by atoms with E-state index in [2.05, 4.69) is 30.3 Å². The summed E-state index contributed by atoms with van der Waals surface area (Å²) >= 11 is 0. The molecule has 0 N–H and O–H groups in total. The van der Waals surface area contributed by atoms with Crippen LogP contribution in [0.25, 0.3) is 55.8 Å². The van der Waals surface area contributed by atoms with Gasteiger partial charge in [-0.15, -0.1) is 0 Å². The first-order chi connectivity index (χ1) is 15.4. The molecule has 0 radical (unpaired) electrons. The van der Waals surface area contributed by atoms with E-state index in [1.54, 1.807) is 0 Å². The van der Waals surface area contributed by atoms with Crippen LogP contribution in [0, 0.1) is 12.1 Å². The Hall–Kier alpha value is -4.42. The molecule has 144 valence electrons. The molecule has 6 rings (SSSR count). The molecule has 0 unspecified atom stereocenters. The van der Waals surface area contributed by atoms with Crippen molar-refractivity contribution in [2.75, 3.05) is 0 Å². The Kier molecular flexibility index (Phi) is 4.01. The maximum Gasteiger partial charge on any atom is 0.160 e. The van der Waals surface area contributed by atoms with Crippen LogP contribution < -0.4 is 0 Å². The molecule has 0 saturated carbocycles. The summed E-state index contributed by atoms with van der Waals surface area (Å²) in [7, 11) is 0. The van der Waals surface area contributed by atoms with Crippen molar-refractivity contribution in [3.63, 3.8) is 0 Å². The molecule has 0 bridgehead atoms. The second-order valence-electron chi connectivity index (χ2n) is 7.32. The fourth-order valence-corrected chi connectivity index (χ4v) is 3.91. The molecule has 0 saturated heterocycles. The van der Waals surface area contributed by atoms with E-state index in [1.807, 2.05) is 78.9 Å². The van der Waals surface area contributed by atoms with Crippen LogP contribution in [-0.2, 0) is 0 Å². The standard InChI is InChI=1S/C28H16N2O/c1-3-10-19(11-4-1)23-18-24(30-28(29-23)20-12-5-2-6-13-20)21-15-9-17-26-27(21)22-14-7-8-16-25(22)31-26/h1-6,8-13,15-18H. The first kappa shape index (κ1) is 17.4. The van der Waals surface area contributed by atoms with Crippen LogP contribution in [0.1, 0.15) is 0 Å². The molecule has 0 atom stereocenters. The van der Waals surface area contributed by atoms with Crippen molar-refractivity contribution in [1.29, 1.82) is 0 Å². The highest BCUT2D eigenvalue weighted by atomic mass is 16.3. The van der Waals surface area contributed by atoms with Gasteiger partial charge in [-0.05, 0) is 24.3 Å². The summed E-state index contributed by atoms with van der Waals surface area (Å²) in [5.74, 6) is 0.692. The molecule has 4 aromatic carbocycles. The predicted molar refractivity (Wildman–Crippen MR) is 123 cm³/mol. The summed E-state index contributed by atoms with van der Waals surface area (Å²) in [4.78, 5) is 9.84. The Bertz CT molecular complexity index is 1460. The zero-order chi connectivity index (χ0) is 20.6. The van der Waals surface area contributed by atoms with E-state index in [1.165, 1.54) is 0 Å². The van der Waals surface area contributed by atoms with Crippen molar-refractivity contribution in [2.45, 2.75) is 0 Å². The number of hydrogen-bond donors (Lipinski definition) is 0. The molecular formula is C28H16N2O. The van der Waals surface area contributed by atoms with Gasteiger partial charge in [-0.1, -0.05) is 84.9 Å². The van der Waals surface area contributed by atoms with Crippen molar-refractivity contribution in [2.24, 2.45) is 0 Å². The van der Waals surface area contributed by atoms with Crippen molar-refractivity contribution in [1.82, 2.24) is 9.97 Å². The molecule has 0 aliphatic rings. The topological polar surface area (TPSA) is 38.9 Å². The van der Waals surface area contributed by atoms with Crippen molar-refractivity contribution in [3.8, 4) is 33.9 Å². The Labute approximate surface area is 179 Å². The van der Waals surface area contributed by atoms with E-state index in [4.69, 9.17) is 14.4 Å². The van der Waals surface area contributed by atoms with Crippen LogP contribution in [0.5, 0.6) is 0 Å². The molecule has 0 amide bonds. The fraction of sp³-hybridized carbons (Fsp3) is 0. The monoisotopic (exact) mass is 396 g/mol. The summed E-state index contributed by atoms with van der Waals surface area (Å²) in [5, 5.41) is 1.90. The average Bonchev–Trinajstić information content (AvgIpc) is 3.24. The molecule has 6 aromatic rings. The molecule has 2 heterocycles. The van der Waals surface area contributed by atoms with E-state index in [0.29, 0.717) is 5.82 Å². The lowest BCUT2D eigenvalue weighted by Crippen LogP contribution is -1.96. The first-order valence-corrected chi connectivity index (χ1v) is 10.1. The molecule has 0 spiro atoms. The van der Waals surface area contributed by atoms with E-state index in [-0.39, 0.29) is 0 Å². The summed E-state index contributed by atoms with van der Waals surface area (Å²) < 4.78 is 6.05. The van der Waals surface area contributed by atoms with Gasteiger partial charge in [-0.3, -0.25) is 0 Å². The van der Waals surface area contributed by atoms with E-state index in [0.717, 1.165) is 50.0 Å². The van der Waals surface area contributed by atoms with Gasteiger partial charge in [0.25, 0.3) is 0 Å². The maximum atomic E-state index is 6.05. The highest BCUT2D eigenvalue weighted by molar-refractivity contribution is 6.11. The van der Waals surface area contributed by atoms with Gasteiger partial charge in [0.2, 0.25) is 0 Å². The van der Waals surface area contributed by atoms with Crippen LogP contribution in [-0.4, -0.2) is 9.97 Å². The molecule has 0 fully saturated rings. The average molecular weight is 396 g/mol. The second-order valence-corrected chi connectivity index (χ2v) is 7.32. The first-order valence-electron chi connectivity index (χ1n) is 10.1. The number of nitrogens with zero attached hydrogens (tertiary/aromatic N) is 2. The van der Waals surface area contributed by atoms with Crippen molar-refractivity contribution in [3.05, 3.63) is 109 Å². The molecule has 3 nitrogen and oxygen atoms in total. The van der Waals surface area contributed by atoms with Gasteiger partial charge in [0, 0.05) is 22.1 Å². The second kappa shape index (κ2) is 7.12.